The average molecular weight is 500 g/mol. The first-order valence-electron chi connectivity index (χ1n) is 12.7. The molecule has 1 fully saturated rings. The van der Waals surface area contributed by atoms with E-state index in [4.69, 9.17) is 4.74 Å². The third-order valence-corrected chi connectivity index (χ3v) is 7.72. The summed E-state index contributed by atoms with van der Waals surface area (Å²) < 4.78 is 24.5. The number of pyridine rings is 1. The fraction of sp³-hybridized carbons (Fsp3) is 0.321. The van der Waals surface area contributed by atoms with E-state index in [0.29, 0.717) is 69.7 Å². The molecule has 9 heteroatoms. The topological polar surface area (TPSA) is 72.1 Å². The fourth-order valence-electron chi connectivity index (χ4n) is 6.00. The van der Waals surface area contributed by atoms with Crippen molar-refractivity contribution in [1.82, 2.24) is 23.8 Å². The zero-order valence-corrected chi connectivity index (χ0v) is 20.3. The zero-order chi connectivity index (χ0) is 25.1. The number of ether oxygens (including phenoxy) is 1. The number of carbonyl (C=O) groups is 2. The third kappa shape index (κ3) is 3.56. The lowest BCUT2D eigenvalue weighted by Crippen LogP contribution is -2.48. The summed E-state index contributed by atoms with van der Waals surface area (Å²) in [7, 11) is 0. The molecule has 4 aromatic rings. The molecule has 37 heavy (non-hydrogen) atoms. The van der Waals surface area contributed by atoms with Gasteiger partial charge in [-0.15, -0.1) is 0 Å². The number of ketones is 1. The molecule has 188 valence electrons. The molecule has 1 aromatic carbocycles. The second kappa shape index (κ2) is 8.55. The largest absolute Gasteiger partial charge is 0.378 e. The van der Waals surface area contributed by atoms with Gasteiger partial charge in [0.1, 0.15) is 11.5 Å². The van der Waals surface area contributed by atoms with Crippen molar-refractivity contribution in [2.24, 2.45) is 0 Å². The summed E-state index contributed by atoms with van der Waals surface area (Å²) in [6, 6.07) is 8.81. The summed E-state index contributed by atoms with van der Waals surface area (Å²) >= 11 is 0. The number of hydrogen-bond donors (Lipinski definition) is 0. The van der Waals surface area contributed by atoms with Gasteiger partial charge in [0, 0.05) is 68.1 Å². The lowest BCUT2D eigenvalue weighted by Gasteiger charge is -2.32. The van der Waals surface area contributed by atoms with Gasteiger partial charge in [-0.2, -0.15) is 0 Å². The Bertz CT molecular complexity index is 1610. The number of allylic oxidation sites excluding steroid dienone is 2. The second-order valence-corrected chi connectivity index (χ2v) is 9.85. The van der Waals surface area contributed by atoms with Gasteiger partial charge in [0.15, 0.2) is 5.78 Å². The van der Waals surface area contributed by atoms with Crippen molar-refractivity contribution >= 4 is 39.5 Å². The molecule has 2 aliphatic heterocycles. The van der Waals surface area contributed by atoms with E-state index in [0.717, 1.165) is 33.6 Å². The van der Waals surface area contributed by atoms with Crippen LogP contribution >= 0.6 is 0 Å². The van der Waals surface area contributed by atoms with E-state index in [-0.39, 0.29) is 17.6 Å². The maximum Gasteiger partial charge on any atom is 0.320 e. The number of fused-ring (bicyclic) bond motifs is 1. The van der Waals surface area contributed by atoms with Gasteiger partial charge in [-0.1, -0.05) is 6.07 Å². The Morgan fingerprint density at radius 2 is 1.89 bits per heavy atom. The quantitative estimate of drug-likeness (QED) is 0.419. The Labute approximate surface area is 212 Å². The van der Waals surface area contributed by atoms with Crippen molar-refractivity contribution in [2.75, 3.05) is 32.8 Å². The lowest BCUT2D eigenvalue weighted by atomic mass is 9.98. The van der Waals surface area contributed by atoms with Crippen LogP contribution in [0.5, 0.6) is 0 Å². The zero-order valence-electron chi connectivity index (χ0n) is 20.3. The van der Waals surface area contributed by atoms with E-state index in [9.17, 15) is 9.59 Å². The number of Topliss-reactive ketones (excluding diaryl/α,β-unsaturated/α-hetero) is 1. The number of hydrogen-bond acceptors (Lipinski definition) is 4. The number of carbonyl (C=O) groups excluding carboxylic acids is 2. The first kappa shape index (κ1) is 22.2. The Morgan fingerprint density at radius 1 is 1.03 bits per heavy atom. The Kier molecular flexibility index (Phi) is 5.14. The van der Waals surface area contributed by atoms with Gasteiger partial charge in [0.25, 0.3) is 0 Å². The Hall–Kier alpha value is -3.98. The van der Waals surface area contributed by atoms with Gasteiger partial charge in [-0.05, 0) is 41.8 Å². The molecule has 5 heterocycles. The van der Waals surface area contributed by atoms with E-state index < -0.39 is 0 Å². The van der Waals surface area contributed by atoms with E-state index in [1.165, 1.54) is 12.1 Å². The minimum Gasteiger partial charge on any atom is -0.378 e. The summed E-state index contributed by atoms with van der Waals surface area (Å²) in [4.78, 5) is 34.6. The molecule has 8 nitrogen and oxygen atoms in total. The van der Waals surface area contributed by atoms with Crippen LogP contribution in [0.15, 0.2) is 48.9 Å². The first-order valence-corrected chi connectivity index (χ1v) is 12.7. The highest BCUT2D eigenvalue weighted by Crippen LogP contribution is 2.42. The van der Waals surface area contributed by atoms with Crippen molar-refractivity contribution in [3.05, 3.63) is 71.6 Å². The SMILES string of the molecule is O=C1CCC(c2cnc3ccccn23)=C1c1cn2c3c(cc(F)cc13)CN(C(=O)N1CCOCC1)CC2. The maximum atomic E-state index is 15.0. The molecule has 3 aliphatic rings. The summed E-state index contributed by atoms with van der Waals surface area (Å²) in [6.45, 7) is 3.58. The Morgan fingerprint density at radius 3 is 2.76 bits per heavy atom. The molecule has 3 aromatic heterocycles. The van der Waals surface area contributed by atoms with Crippen LogP contribution in [-0.2, 0) is 22.6 Å². The molecular weight excluding hydrogens is 473 g/mol. The van der Waals surface area contributed by atoms with Crippen LogP contribution in [0.4, 0.5) is 9.18 Å². The van der Waals surface area contributed by atoms with Crippen LogP contribution in [-0.4, -0.2) is 68.4 Å². The van der Waals surface area contributed by atoms with Crippen molar-refractivity contribution in [3.63, 3.8) is 0 Å². The highest BCUT2D eigenvalue weighted by Gasteiger charge is 2.32. The van der Waals surface area contributed by atoms with Gasteiger partial charge < -0.3 is 19.1 Å². The van der Waals surface area contributed by atoms with Crippen LogP contribution in [0.3, 0.4) is 0 Å². The van der Waals surface area contributed by atoms with Crippen molar-refractivity contribution in [3.8, 4) is 0 Å². The smallest absolute Gasteiger partial charge is 0.320 e. The molecular formula is C28H26FN5O3. The normalized spacial score (nSPS) is 18.4. The summed E-state index contributed by atoms with van der Waals surface area (Å²) in [5, 5.41) is 0.715. The van der Waals surface area contributed by atoms with Gasteiger partial charge in [0.2, 0.25) is 0 Å². The predicted molar refractivity (Wildman–Crippen MR) is 136 cm³/mol. The van der Waals surface area contributed by atoms with Crippen LogP contribution in [0.2, 0.25) is 0 Å². The molecule has 2 amide bonds. The molecule has 0 atom stereocenters. The summed E-state index contributed by atoms with van der Waals surface area (Å²) in [5.74, 6) is -0.309. The van der Waals surface area contributed by atoms with Crippen LogP contribution < -0.4 is 0 Å². The average Bonchev–Trinajstić information content (AvgIpc) is 3.57. The number of aromatic nitrogens is 3. The second-order valence-electron chi connectivity index (χ2n) is 9.85. The molecule has 0 N–H and O–H groups in total. The summed E-state index contributed by atoms with van der Waals surface area (Å²) in [6.07, 6.45) is 6.77. The third-order valence-electron chi connectivity index (χ3n) is 7.72. The first-order chi connectivity index (χ1) is 18.1. The molecule has 0 radical (unpaired) electrons. The number of rotatable bonds is 2. The highest BCUT2D eigenvalue weighted by atomic mass is 19.1. The van der Waals surface area contributed by atoms with Crippen molar-refractivity contribution in [1.29, 1.82) is 0 Å². The van der Waals surface area contributed by atoms with E-state index >= 15 is 4.39 Å². The van der Waals surface area contributed by atoms with Crippen LogP contribution in [0, 0.1) is 5.82 Å². The predicted octanol–water partition coefficient (Wildman–Crippen LogP) is 3.97. The number of benzene rings is 1. The highest BCUT2D eigenvalue weighted by molar-refractivity contribution is 6.33. The number of morpholine rings is 1. The molecule has 0 unspecified atom stereocenters. The molecule has 1 saturated heterocycles. The monoisotopic (exact) mass is 499 g/mol. The van der Waals surface area contributed by atoms with Gasteiger partial charge >= 0.3 is 6.03 Å². The minimum absolute atomic E-state index is 0.0461. The standard InChI is InChI=1S/C28H26FN5O3/c29-19-13-18-16-33(28(36)31-9-11-37-12-10-31)8-7-32-17-22(21(14-19)27(18)32)26-20(4-5-24(26)35)23-15-30-25-3-1-2-6-34(23)25/h1-3,6,13-15,17H,4-5,7-12,16H2. The molecule has 7 rings (SSSR count). The number of urea groups is 1. The molecule has 1 aliphatic carbocycles. The fourth-order valence-corrected chi connectivity index (χ4v) is 6.00. The van der Waals surface area contributed by atoms with Crippen molar-refractivity contribution < 1.29 is 18.7 Å². The lowest BCUT2D eigenvalue weighted by molar-refractivity contribution is -0.113. The molecule has 0 saturated carbocycles. The van der Waals surface area contributed by atoms with Gasteiger partial charge in [-0.3, -0.25) is 9.20 Å². The van der Waals surface area contributed by atoms with Gasteiger partial charge in [-0.25, -0.2) is 14.2 Å². The van der Waals surface area contributed by atoms with Gasteiger partial charge in [0.05, 0.1) is 30.6 Å². The maximum absolute atomic E-state index is 15.0. The van der Waals surface area contributed by atoms with Crippen LogP contribution in [0.1, 0.15) is 29.7 Å². The number of halogens is 1. The molecule has 0 spiro atoms. The summed E-state index contributed by atoms with van der Waals surface area (Å²) in [5.41, 5.74) is 5.69. The minimum atomic E-state index is -0.371. The number of amides is 2. The molecule has 0 bridgehead atoms. The van der Waals surface area contributed by atoms with E-state index in [2.05, 4.69) is 9.55 Å². The number of nitrogens with zero attached hydrogens (tertiary/aromatic N) is 5. The van der Waals surface area contributed by atoms with Crippen LogP contribution in [0.25, 0.3) is 27.7 Å². The Balaban J connectivity index is 1.34. The number of imidazole rings is 1. The van der Waals surface area contributed by atoms with E-state index in [1.54, 1.807) is 9.80 Å². The van der Waals surface area contributed by atoms with Crippen molar-refractivity contribution in [2.45, 2.75) is 25.9 Å². The van der Waals surface area contributed by atoms with E-state index in [1.807, 2.05) is 41.2 Å².